The van der Waals surface area contributed by atoms with Crippen LogP contribution in [0.5, 0.6) is 0 Å². The van der Waals surface area contributed by atoms with Gasteiger partial charge in [0.25, 0.3) is 0 Å². The summed E-state index contributed by atoms with van der Waals surface area (Å²) in [7, 11) is 0. The Labute approximate surface area is 104 Å². The van der Waals surface area contributed by atoms with Gasteiger partial charge >= 0.3 is 0 Å². The summed E-state index contributed by atoms with van der Waals surface area (Å²) >= 11 is 0. The van der Waals surface area contributed by atoms with E-state index in [4.69, 9.17) is 4.74 Å². The molecule has 0 bridgehead atoms. The minimum atomic E-state index is -0.692. The molecule has 1 heterocycles. The molecule has 0 radical (unpaired) electrons. The van der Waals surface area contributed by atoms with E-state index in [2.05, 4.69) is 5.32 Å². The average Bonchev–Trinajstić information content (AvgIpc) is 2.83. The average molecular weight is 255 g/mol. The highest BCUT2D eigenvalue weighted by molar-refractivity contribution is 5.78. The van der Waals surface area contributed by atoms with E-state index in [1.54, 1.807) is 0 Å². The second-order valence-corrected chi connectivity index (χ2v) is 4.35. The van der Waals surface area contributed by atoms with Crippen LogP contribution in [0.15, 0.2) is 18.2 Å². The molecule has 1 atom stereocenters. The van der Waals surface area contributed by atoms with E-state index in [0.29, 0.717) is 6.54 Å². The highest BCUT2D eigenvalue weighted by Gasteiger charge is 2.16. The number of benzene rings is 1. The molecule has 5 heteroatoms. The van der Waals surface area contributed by atoms with Gasteiger partial charge in [0.15, 0.2) is 0 Å². The third kappa shape index (κ3) is 3.50. The Bertz CT molecular complexity index is 431. The summed E-state index contributed by atoms with van der Waals surface area (Å²) in [5, 5.41) is 2.69. The van der Waals surface area contributed by atoms with Crippen molar-refractivity contribution in [1.82, 2.24) is 5.32 Å². The van der Waals surface area contributed by atoms with Crippen LogP contribution in [0.4, 0.5) is 8.78 Å². The maximum atomic E-state index is 13.3. The number of carbonyl (C=O) groups is 1. The highest BCUT2D eigenvalue weighted by atomic mass is 19.1. The van der Waals surface area contributed by atoms with E-state index in [9.17, 15) is 13.6 Å². The summed E-state index contributed by atoms with van der Waals surface area (Å²) in [5.41, 5.74) is 0.196. The molecule has 1 aliphatic heterocycles. The van der Waals surface area contributed by atoms with Crippen molar-refractivity contribution in [3.05, 3.63) is 35.4 Å². The third-order valence-electron chi connectivity index (χ3n) is 2.92. The number of ether oxygens (including phenoxy) is 1. The molecule has 0 aromatic heterocycles. The Morgan fingerprint density at radius 1 is 1.44 bits per heavy atom. The summed E-state index contributed by atoms with van der Waals surface area (Å²) in [4.78, 5) is 11.6. The molecule has 1 saturated heterocycles. The van der Waals surface area contributed by atoms with Gasteiger partial charge in [0.1, 0.15) is 11.6 Å². The zero-order valence-corrected chi connectivity index (χ0v) is 9.92. The van der Waals surface area contributed by atoms with Crippen molar-refractivity contribution in [3.8, 4) is 0 Å². The lowest BCUT2D eigenvalue weighted by molar-refractivity contribution is -0.121. The first-order chi connectivity index (χ1) is 8.65. The summed E-state index contributed by atoms with van der Waals surface area (Å²) < 4.78 is 31.3. The SMILES string of the molecule is O=C(Cc1ccc(F)cc1F)NCC1CCCO1. The molecule has 3 nitrogen and oxygen atoms in total. The molecule has 0 saturated carbocycles. The number of hydrogen-bond acceptors (Lipinski definition) is 2. The Kier molecular flexibility index (Phi) is 4.25. The summed E-state index contributed by atoms with van der Waals surface area (Å²) in [5.74, 6) is -1.62. The van der Waals surface area contributed by atoms with Gasteiger partial charge in [0.2, 0.25) is 5.91 Å². The summed E-state index contributed by atoms with van der Waals surface area (Å²) in [6.07, 6.45) is 1.92. The molecule has 1 aromatic rings. The van der Waals surface area contributed by atoms with Gasteiger partial charge in [-0.2, -0.15) is 0 Å². The second-order valence-electron chi connectivity index (χ2n) is 4.35. The van der Waals surface area contributed by atoms with Gasteiger partial charge in [0, 0.05) is 19.2 Å². The minimum Gasteiger partial charge on any atom is -0.376 e. The van der Waals surface area contributed by atoms with Crippen LogP contribution >= 0.6 is 0 Å². The lowest BCUT2D eigenvalue weighted by Crippen LogP contribution is -2.32. The van der Waals surface area contributed by atoms with Crippen molar-refractivity contribution in [2.75, 3.05) is 13.2 Å². The molecule has 2 rings (SSSR count). The first-order valence-electron chi connectivity index (χ1n) is 5.97. The quantitative estimate of drug-likeness (QED) is 0.891. The van der Waals surface area contributed by atoms with Gasteiger partial charge in [0.05, 0.1) is 12.5 Å². The fourth-order valence-electron chi connectivity index (χ4n) is 1.93. The molecule has 1 unspecified atom stereocenters. The van der Waals surface area contributed by atoms with Crippen molar-refractivity contribution in [3.63, 3.8) is 0 Å². The van der Waals surface area contributed by atoms with E-state index in [1.165, 1.54) is 6.07 Å². The number of amides is 1. The maximum absolute atomic E-state index is 13.3. The van der Waals surface area contributed by atoms with Gasteiger partial charge in [-0.05, 0) is 24.5 Å². The standard InChI is InChI=1S/C13H15F2NO2/c14-10-4-3-9(12(15)7-10)6-13(17)16-8-11-2-1-5-18-11/h3-4,7,11H,1-2,5-6,8H2,(H,16,17). The molecule has 1 fully saturated rings. The van der Waals surface area contributed by atoms with Crippen LogP contribution in [-0.2, 0) is 16.0 Å². The van der Waals surface area contributed by atoms with E-state index >= 15 is 0 Å². The Morgan fingerprint density at radius 3 is 2.94 bits per heavy atom. The number of halogens is 2. The fourth-order valence-corrected chi connectivity index (χ4v) is 1.93. The molecule has 0 spiro atoms. The van der Waals surface area contributed by atoms with E-state index in [1.807, 2.05) is 0 Å². The Balaban J connectivity index is 1.82. The number of hydrogen-bond donors (Lipinski definition) is 1. The normalized spacial score (nSPS) is 18.9. The van der Waals surface area contributed by atoms with Crippen molar-refractivity contribution in [2.45, 2.75) is 25.4 Å². The smallest absolute Gasteiger partial charge is 0.224 e. The topological polar surface area (TPSA) is 38.3 Å². The summed E-state index contributed by atoms with van der Waals surface area (Å²) in [6, 6.07) is 3.21. The van der Waals surface area contributed by atoms with E-state index in [0.717, 1.165) is 31.6 Å². The number of carbonyl (C=O) groups excluding carboxylic acids is 1. The Morgan fingerprint density at radius 2 is 2.28 bits per heavy atom. The van der Waals surface area contributed by atoms with Crippen LogP contribution < -0.4 is 5.32 Å². The highest BCUT2D eigenvalue weighted by Crippen LogP contribution is 2.12. The second kappa shape index (κ2) is 5.91. The molecular formula is C13H15F2NO2. The lowest BCUT2D eigenvalue weighted by atomic mass is 10.1. The lowest BCUT2D eigenvalue weighted by Gasteiger charge is -2.11. The molecule has 1 aromatic carbocycles. The van der Waals surface area contributed by atoms with Crippen molar-refractivity contribution < 1.29 is 18.3 Å². The van der Waals surface area contributed by atoms with Crippen molar-refractivity contribution in [1.29, 1.82) is 0 Å². The predicted molar refractivity (Wildman–Crippen MR) is 62.0 cm³/mol. The van der Waals surface area contributed by atoms with E-state index in [-0.39, 0.29) is 24.0 Å². The Hall–Kier alpha value is -1.49. The monoisotopic (exact) mass is 255 g/mol. The maximum Gasteiger partial charge on any atom is 0.224 e. The first-order valence-corrected chi connectivity index (χ1v) is 5.97. The van der Waals surface area contributed by atoms with E-state index < -0.39 is 11.6 Å². The van der Waals surface area contributed by atoms with Gasteiger partial charge in [-0.1, -0.05) is 6.07 Å². The van der Waals surface area contributed by atoms with Crippen LogP contribution in [0.3, 0.4) is 0 Å². The van der Waals surface area contributed by atoms with Gasteiger partial charge in [-0.25, -0.2) is 8.78 Å². The van der Waals surface area contributed by atoms with Crippen LogP contribution in [0, 0.1) is 11.6 Å². The molecule has 18 heavy (non-hydrogen) atoms. The zero-order valence-electron chi connectivity index (χ0n) is 9.92. The molecule has 98 valence electrons. The number of rotatable bonds is 4. The van der Waals surface area contributed by atoms with Gasteiger partial charge in [-0.15, -0.1) is 0 Å². The van der Waals surface area contributed by atoms with Crippen LogP contribution in [-0.4, -0.2) is 25.2 Å². The molecule has 0 aliphatic carbocycles. The van der Waals surface area contributed by atoms with Crippen LogP contribution in [0.1, 0.15) is 18.4 Å². The molecule has 1 N–H and O–H groups in total. The van der Waals surface area contributed by atoms with Crippen LogP contribution in [0.2, 0.25) is 0 Å². The third-order valence-corrected chi connectivity index (χ3v) is 2.92. The number of nitrogens with one attached hydrogen (secondary N) is 1. The first kappa shape index (κ1) is 13.0. The fraction of sp³-hybridized carbons (Fsp3) is 0.462. The molecule has 1 aliphatic rings. The predicted octanol–water partition coefficient (Wildman–Crippen LogP) is 1.80. The van der Waals surface area contributed by atoms with Gasteiger partial charge < -0.3 is 10.1 Å². The van der Waals surface area contributed by atoms with Gasteiger partial charge in [-0.3, -0.25) is 4.79 Å². The van der Waals surface area contributed by atoms with Crippen molar-refractivity contribution in [2.24, 2.45) is 0 Å². The zero-order chi connectivity index (χ0) is 13.0. The summed E-state index contributed by atoms with van der Waals surface area (Å²) in [6.45, 7) is 1.18. The molecule has 1 amide bonds. The largest absolute Gasteiger partial charge is 0.376 e. The molecular weight excluding hydrogens is 240 g/mol. The van der Waals surface area contributed by atoms with Crippen LogP contribution in [0.25, 0.3) is 0 Å². The minimum absolute atomic E-state index is 0.0621. The van der Waals surface area contributed by atoms with Crippen molar-refractivity contribution >= 4 is 5.91 Å².